The van der Waals surface area contributed by atoms with Crippen LogP contribution in [-0.4, -0.2) is 53.1 Å². The number of aryl methyl sites for hydroxylation is 1. The van der Waals surface area contributed by atoms with E-state index in [-0.39, 0.29) is 17.2 Å². The largest absolute Gasteiger partial charge is 0.508 e. The molecule has 1 aliphatic heterocycles. The number of piperidine rings is 1. The Morgan fingerprint density at radius 2 is 1.94 bits per heavy atom. The van der Waals surface area contributed by atoms with Crippen molar-refractivity contribution in [1.29, 1.82) is 0 Å². The van der Waals surface area contributed by atoms with E-state index in [1.165, 1.54) is 49.4 Å². The van der Waals surface area contributed by atoms with Crippen molar-refractivity contribution in [2.24, 2.45) is 0 Å². The standard InChI is InChI=1S/C26H30ClN5O3/c1-15-13-18(5-6-19(15)17-9-11-32(3)12-10-17)29-26-28-14-20(25(31-26)35-4)24(34)30-23-16(2)22(33)8-7-21(23)27/h5-8,13-14,17,33H,9-12H2,1-4H3,(H,30,34)(H,28,29,31). The van der Waals surface area contributed by atoms with Crippen LogP contribution in [0.1, 0.15) is 45.8 Å². The maximum atomic E-state index is 12.9. The SMILES string of the molecule is COc1nc(Nc2ccc(C3CCN(C)CC3)c(C)c2)ncc1C(=O)Nc1c(Cl)ccc(O)c1C. The highest BCUT2D eigenvalue weighted by Gasteiger charge is 2.21. The first-order chi connectivity index (χ1) is 16.8. The third-order valence-corrected chi connectivity index (χ3v) is 6.82. The van der Waals surface area contributed by atoms with Crippen molar-refractivity contribution in [2.45, 2.75) is 32.6 Å². The summed E-state index contributed by atoms with van der Waals surface area (Å²) in [6.45, 7) is 6.03. The van der Waals surface area contributed by atoms with E-state index in [9.17, 15) is 9.90 Å². The van der Waals surface area contributed by atoms with Crippen LogP contribution in [0.25, 0.3) is 0 Å². The van der Waals surface area contributed by atoms with Gasteiger partial charge in [0.2, 0.25) is 11.8 Å². The van der Waals surface area contributed by atoms with Gasteiger partial charge in [0.25, 0.3) is 5.91 Å². The molecule has 0 bridgehead atoms. The summed E-state index contributed by atoms with van der Waals surface area (Å²) >= 11 is 6.20. The molecule has 4 rings (SSSR count). The van der Waals surface area contributed by atoms with Gasteiger partial charge in [0.1, 0.15) is 11.3 Å². The summed E-state index contributed by atoms with van der Waals surface area (Å²) < 4.78 is 5.36. The van der Waals surface area contributed by atoms with Gasteiger partial charge in [-0.15, -0.1) is 0 Å². The number of aromatic hydroxyl groups is 1. The van der Waals surface area contributed by atoms with E-state index in [2.05, 4.69) is 51.6 Å². The number of rotatable bonds is 6. The van der Waals surface area contributed by atoms with Crippen LogP contribution in [0, 0.1) is 13.8 Å². The molecule has 1 aliphatic rings. The van der Waals surface area contributed by atoms with Gasteiger partial charge in [-0.1, -0.05) is 17.7 Å². The summed E-state index contributed by atoms with van der Waals surface area (Å²) in [5, 5.41) is 16.2. The zero-order chi connectivity index (χ0) is 25.1. The summed E-state index contributed by atoms with van der Waals surface area (Å²) in [5.74, 6) is 0.551. The number of phenols is 1. The minimum absolute atomic E-state index is 0.0320. The molecule has 0 saturated carbocycles. The number of aromatic nitrogens is 2. The lowest BCUT2D eigenvalue weighted by molar-refractivity contribution is 0.102. The van der Waals surface area contributed by atoms with Crippen molar-refractivity contribution in [2.75, 3.05) is 37.9 Å². The number of hydrogen-bond donors (Lipinski definition) is 3. The van der Waals surface area contributed by atoms with E-state index in [4.69, 9.17) is 16.3 Å². The van der Waals surface area contributed by atoms with Crippen LogP contribution >= 0.6 is 11.6 Å². The number of benzene rings is 2. The molecule has 0 spiro atoms. The highest BCUT2D eigenvalue weighted by Crippen LogP contribution is 2.33. The van der Waals surface area contributed by atoms with Crippen LogP contribution in [0.3, 0.4) is 0 Å². The number of methoxy groups -OCH3 is 1. The normalized spacial score (nSPS) is 14.5. The van der Waals surface area contributed by atoms with Crippen LogP contribution in [0.4, 0.5) is 17.3 Å². The molecule has 1 saturated heterocycles. The number of carbonyl (C=O) groups excluding carboxylic acids is 1. The molecule has 184 valence electrons. The minimum atomic E-state index is -0.498. The molecule has 3 aromatic rings. The second kappa shape index (κ2) is 10.5. The Labute approximate surface area is 210 Å². The minimum Gasteiger partial charge on any atom is -0.508 e. The number of ether oxygens (including phenoxy) is 1. The molecule has 2 aromatic carbocycles. The van der Waals surface area contributed by atoms with Gasteiger partial charge in [-0.05, 0) is 88.1 Å². The zero-order valence-corrected chi connectivity index (χ0v) is 21.1. The van der Waals surface area contributed by atoms with Gasteiger partial charge in [0.15, 0.2) is 0 Å². The molecule has 1 fully saturated rings. The molecule has 3 N–H and O–H groups in total. The quantitative estimate of drug-likeness (QED) is 0.428. The van der Waals surface area contributed by atoms with Crippen molar-refractivity contribution in [3.05, 3.63) is 63.8 Å². The first-order valence-corrected chi connectivity index (χ1v) is 11.9. The molecule has 0 radical (unpaired) electrons. The Bertz CT molecular complexity index is 1240. The van der Waals surface area contributed by atoms with Crippen LogP contribution < -0.4 is 15.4 Å². The molecule has 2 heterocycles. The van der Waals surface area contributed by atoms with Crippen molar-refractivity contribution in [3.8, 4) is 11.6 Å². The summed E-state index contributed by atoms with van der Waals surface area (Å²) in [5.41, 5.74) is 4.40. The Hall–Kier alpha value is -3.36. The third-order valence-electron chi connectivity index (χ3n) is 6.50. The lowest BCUT2D eigenvalue weighted by Gasteiger charge is -2.30. The van der Waals surface area contributed by atoms with Crippen LogP contribution in [0.2, 0.25) is 5.02 Å². The predicted octanol–water partition coefficient (Wildman–Crippen LogP) is 5.27. The summed E-state index contributed by atoms with van der Waals surface area (Å²) in [6, 6.07) is 9.29. The Kier molecular flexibility index (Phi) is 7.42. The topological polar surface area (TPSA) is 99.6 Å². The molecule has 35 heavy (non-hydrogen) atoms. The zero-order valence-electron chi connectivity index (χ0n) is 20.4. The number of anilines is 3. The van der Waals surface area contributed by atoms with Crippen molar-refractivity contribution >= 4 is 34.8 Å². The molecule has 8 nitrogen and oxygen atoms in total. The fourth-order valence-corrected chi connectivity index (χ4v) is 4.65. The molecular formula is C26H30ClN5O3. The first kappa shape index (κ1) is 24.8. The smallest absolute Gasteiger partial charge is 0.262 e. The highest BCUT2D eigenvalue weighted by molar-refractivity contribution is 6.34. The van der Waals surface area contributed by atoms with Crippen LogP contribution in [0.5, 0.6) is 11.6 Å². The van der Waals surface area contributed by atoms with Gasteiger partial charge in [-0.3, -0.25) is 4.79 Å². The van der Waals surface area contributed by atoms with E-state index in [0.717, 1.165) is 18.8 Å². The number of hydrogen-bond acceptors (Lipinski definition) is 7. The molecule has 0 aliphatic carbocycles. The third kappa shape index (κ3) is 5.49. The predicted molar refractivity (Wildman–Crippen MR) is 138 cm³/mol. The maximum Gasteiger partial charge on any atom is 0.262 e. The number of likely N-dealkylation sites (tertiary alicyclic amines) is 1. The van der Waals surface area contributed by atoms with Crippen molar-refractivity contribution in [3.63, 3.8) is 0 Å². The number of halogens is 1. The number of phenolic OH excluding ortho intramolecular Hbond substituents is 1. The summed E-state index contributed by atoms with van der Waals surface area (Å²) in [7, 11) is 3.61. The maximum absolute atomic E-state index is 12.9. The van der Waals surface area contributed by atoms with Crippen LogP contribution in [0.15, 0.2) is 36.5 Å². The van der Waals surface area contributed by atoms with Crippen LogP contribution in [-0.2, 0) is 0 Å². The molecule has 1 aromatic heterocycles. The Morgan fingerprint density at radius 1 is 1.20 bits per heavy atom. The average molecular weight is 496 g/mol. The fraction of sp³-hybridized carbons (Fsp3) is 0.346. The van der Waals surface area contributed by atoms with Gasteiger partial charge in [-0.25, -0.2) is 4.98 Å². The molecule has 1 amide bonds. The fourth-order valence-electron chi connectivity index (χ4n) is 4.40. The molecular weight excluding hydrogens is 466 g/mol. The lowest BCUT2D eigenvalue weighted by atomic mass is 9.87. The highest BCUT2D eigenvalue weighted by atomic mass is 35.5. The number of nitrogens with zero attached hydrogens (tertiary/aromatic N) is 3. The van der Waals surface area contributed by atoms with Gasteiger partial charge in [-0.2, -0.15) is 4.98 Å². The lowest BCUT2D eigenvalue weighted by Crippen LogP contribution is -2.29. The second-order valence-corrected chi connectivity index (χ2v) is 9.32. The Balaban J connectivity index is 1.50. The molecule has 0 unspecified atom stereocenters. The monoisotopic (exact) mass is 495 g/mol. The second-order valence-electron chi connectivity index (χ2n) is 8.91. The molecule has 0 atom stereocenters. The van der Waals surface area contributed by atoms with Gasteiger partial charge >= 0.3 is 0 Å². The first-order valence-electron chi connectivity index (χ1n) is 11.5. The van der Waals surface area contributed by atoms with E-state index in [1.807, 2.05) is 6.07 Å². The molecule has 9 heteroatoms. The number of nitrogens with one attached hydrogen (secondary N) is 2. The Morgan fingerprint density at radius 3 is 2.63 bits per heavy atom. The van der Waals surface area contributed by atoms with E-state index < -0.39 is 5.91 Å². The van der Waals surface area contributed by atoms with Gasteiger partial charge in [0.05, 0.1) is 17.8 Å². The van der Waals surface area contributed by atoms with E-state index in [0.29, 0.717) is 28.1 Å². The van der Waals surface area contributed by atoms with Crippen molar-refractivity contribution in [1.82, 2.24) is 14.9 Å². The average Bonchev–Trinajstić information content (AvgIpc) is 2.85. The van der Waals surface area contributed by atoms with Crippen molar-refractivity contribution < 1.29 is 14.6 Å². The van der Waals surface area contributed by atoms with Gasteiger partial charge in [0, 0.05) is 17.4 Å². The summed E-state index contributed by atoms with van der Waals surface area (Å²) in [6.07, 6.45) is 3.73. The van der Waals surface area contributed by atoms with E-state index >= 15 is 0 Å². The summed E-state index contributed by atoms with van der Waals surface area (Å²) in [4.78, 5) is 23.9. The van der Waals surface area contributed by atoms with E-state index in [1.54, 1.807) is 6.92 Å². The number of carbonyl (C=O) groups is 1. The van der Waals surface area contributed by atoms with Gasteiger partial charge < -0.3 is 25.4 Å². The number of amides is 1.